The van der Waals surface area contributed by atoms with Gasteiger partial charge in [0.1, 0.15) is 5.82 Å². The van der Waals surface area contributed by atoms with E-state index in [1.165, 1.54) is 43.2 Å². The molecule has 0 amide bonds. The summed E-state index contributed by atoms with van der Waals surface area (Å²) >= 11 is 1.51. The van der Waals surface area contributed by atoms with Gasteiger partial charge in [-0.25, -0.2) is 4.39 Å². The summed E-state index contributed by atoms with van der Waals surface area (Å²) in [4.78, 5) is 4.43. The van der Waals surface area contributed by atoms with E-state index in [1.807, 2.05) is 12.1 Å². The highest BCUT2D eigenvalue weighted by Gasteiger charge is 2.25. The highest BCUT2D eigenvalue weighted by molar-refractivity contribution is 7.98. The van der Waals surface area contributed by atoms with Gasteiger partial charge in [-0.2, -0.15) is 4.98 Å². The molecule has 0 aliphatic heterocycles. The molecule has 0 saturated heterocycles. The average molecular weight is 425 g/mol. The molecule has 0 atom stereocenters. The lowest BCUT2D eigenvalue weighted by Crippen LogP contribution is -2.15. The van der Waals surface area contributed by atoms with Gasteiger partial charge in [-0.1, -0.05) is 36.2 Å². The quantitative estimate of drug-likeness (QED) is 0.376. The fraction of sp³-hybridized carbons (Fsp3) is 0.333. The highest BCUT2D eigenvalue weighted by atomic mass is 32.2. The summed E-state index contributed by atoms with van der Waals surface area (Å²) in [7, 11) is 0. The molecule has 1 aromatic carbocycles. The van der Waals surface area contributed by atoms with E-state index in [9.17, 15) is 4.39 Å². The molecule has 1 aliphatic rings. The van der Waals surface area contributed by atoms with Crippen LogP contribution in [0.2, 0.25) is 0 Å². The Bertz CT molecular complexity index is 1100. The molecule has 30 heavy (non-hydrogen) atoms. The number of nitrogens with zero attached hydrogens (tertiary/aromatic N) is 5. The summed E-state index contributed by atoms with van der Waals surface area (Å²) in [6.07, 6.45) is 7.54. The zero-order valence-corrected chi connectivity index (χ0v) is 17.0. The summed E-state index contributed by atoms with van der Waals surface area (Å²) < 4.78 is 26.3. The van der Waals surface area contributed by atoms with Crippen LogP contribution in [0.3, 0.4) is 0 Å². The van der Waals surface area contributed by atoms with Crippen molar-refractivity contribution in [2.24, 2.45) is 0 Å². The Morgan fingerprint density at radius 1 is 1.07 bits per heavy atom. The van der Waals surface area contributed by atoms with E-state index in [1.54, 1.807) is 18.4 Å². The first-order chi connectivity index (χ1) is 14.8. The monoisotopic (exact) mass is 425 g/mol. The Labute approximate surface area is 176 Å². The molecule has 0 spiro atoms. The first-order valence-electron chi connectivity index (χ1n) is 9.98. The Balaban J connectivity index is 1.37. The van der Waals surface area contributed by atoms with Gasteiger partial charge in [0, 0.05) is 11.6 Å². The van der Waals surface area contributed by atoms with Crippen molar-refractivity contribution in [1.82, 2.24) is 24.9 Å². The molecule has 1 saturated carbocycles. The minimum Gasteiger partial charge on any atom is -0.461 e. The number of hydrogen-bond donors (Lipinski definition) is 0. The molecule has 0 radical (unpaired) electrons. The highest BCUT2D eigenvalue weighted by Crippen LogP contribution is 2.36. The molecule has 4 aromatic rings. The lowest BCUT2D eigenvalue weighted by Gasteiger charge is -2.25. The summed E-state index contributed by atoms with van der Waals surface area (Å²) in [6.45, 7) is 0. The minimum atomic E-state index is -0.299. The zero-order chi connectivity index (χ0) is 20.3. The molecule has 3 heterocycles. The van der Waals surface area contributed by atoms with Gasteiger partial charge >= 0.3 is 0 Å². The van der Waals surface area contributed by atoms with Crippen molar-refractivity contribution in [2.75, 3.05) is 0 Å². The summed E-state index contributed by atoms with van der Waals surface area (Å²) in [5.41, 5.74) is 0.710. The number of thioether (sulfide) groups is 1. The third-order valence-corrected chi connectivity index (χ3v) is 6.17. The van der Waals surface area contributed by atoms with Crippen LogP contribution in [0.5, 0.6) is 0 Å². The fourth-order valence-electron chi connectivity index (χ4n) is 3.77. The molecule has 1 aliphatic carbocycles. The summed E-state index contributed by atoms with van der Waals surface area (Å²) in [5.74, 6) is 2.57. The summed E-state index contributed by atoms with van der Waals surface area (Å²) in [5, 5.41) is 13.6. The van der Waals surface area contributed by atoms with Gasteiger partial charge in [0.25, 0.3) is 0 Å². The van der Waals surface area contributed by atoms with Crippen LogP contribution >= 0.6 is 11.8 Å². The second-order valence-electron chi connectivity index (χ2n) is 7.25. The van der Waals surface area contributed by atoms with Crippen molar-refractivity contribution < 1.29 is 13.3 Å². The van der Waals surface area contributed by atoms with Crippen LogP contribution in [-0.2, 0) is 5.75 Å². The first kappa shape index (κ1) is 19.0. The van der Waals surface area contributed by atoms with Gasteiger partial charge in [-0.15, -0.1) is 10.2 Å². The number of aromatic nitrogens is 5. The molecule has 0 unspecified atom stereocenters. The lowest BCUT2D eigenvalue weighted by molar-refractivity contribution is 0.337. The van der Waals surface area contributed by atoms with E-state index in [-0.39, 0.29) is 5.82 Å². The molecule has 154 valence electrons. The topological polar surface area (TPSA) is 82.8 Å². The van der Waals surface area contributed by atoms with Gasteiger partial charge in [0.05, 0.1) is 12.0 Å². The predicted molar refractivity (Wildman–Crippen MR) is 109 cm³/mol. The molecular formula is C21H20FN5O2S. The first-order valence-corrected chi connectivity index (χ1v) is 11.0. The van der Waals surface area contributed by atoms with Crippen LogP contribution < -0.4 is 0 Å². The predicted octanol–water partition coefficient (Wildman–Crippen LogP) is 5.52. The molecule has 7 nitrogen and oxygen atoms in total. The maximum absolute atomic E-state index is 13.1. The average Bonchev–Trinajstić information content (AvgIpc) is 3.53. The standard InChI is InChI=1S/C21H20FN5O2S/c22-15-10-8-14(9-11-15)19-23-18(29-26-19)13-30-21-25-24-20(17-7-4-12-28-17)27(21)16-5-2-1-3-6-16/h4,7-12,16H,1-3,5-6,13H2. The van der Waals surface area contributed by atoms with Crippen LogP contribution in [0.25, 0.3) is 23.0 Å². The van der Waals surface area contributed by atoms with Crippen LogP contribution in [0.4, 0.5) is 4.39 Å². The third-order valence-electron chi connectivity index (χ3n) is 5.24. The van der Waals surface area contributed by atoms with E-state index < -0.39 is 0 Å². The third kappa shape index (κ3) is 3.89. The Kier molecular flexibility index (Phi) is 5.35. The van der Waals surface area contributed by atoms with Crippen molar-refractivity contribution in [3.05, 3.63) is 54.4 Å². The minimum absolute atomic E-state index is 0.299. The van der Waals surface area contributed by atoms with Crippen LogP contribution in [0.1, 0.15) is 44.0 Å². The second-order valence-corrected chi connectivity index (χ2v) is 8.20. The number of hydrogen-bond acceptors (Lipinski definition) is 7. The lowest BCUT2D eigenvalue weighted by atomic mass is 9.95. The molecule has 3 aromatic heterocycles. The molecule has 9 heteroatoms. The normalized spacial score (nSPS) is 15.0. The van der Waals surface area contributed by atoms with Gasteiger partial charge in [-0.3, -0.25) is 4.57 Å². The molecule has 0 N–H and O–H groups in total. The Morgan fingerprint density at radius 3 is 2.67 bits per heavy atom. The number of halogens is 1. The van der Waals surface area contributed by atoms with Crippen molar-refractivity contribution in [3.63, 3.8) is 0 Å². The van der Waals surface area contributed by atoms with Crippen molar-refractivity contribution in [2.45, 2.75) is 49.1 Å². The van der Waals surface area contributed by atoms with Crippen molar-refractivity contribution in [1.29, 1.82) is 0 Å². The van der Waals surface area contributed by atoms with Crippen molar-refractivity contribution >= 4 is 11.8 Å². The van der Waals surface area contributed by atoms with Crippen molar-refractivity contribution in [3.8, 4) is 23.0 Å². The van der Waals surface area contributed by atoms with E-state index in [4.69, 9.17) is 8.94 Å². The van der Waals surface area contributed by atoms with Gasteiger partial charge in [0.15, 0.2) is 10.9 Å². The largest absolute Gasteiger partial charge is 0.461 e. The van der Waals surface area contributed by atoms with E-state index in [0.29, 0.717) is 29.1 Å². The van der Waals surface area contributed by atoms with Crippen LogP contribution in [-0.4, -0.2) is 24.9 Å². The molecule has 0 bridgehead atoms. The van der Waals surface area contributed by atoms with Gasteiger partial charge in [-0.05, 0) is 49.2 Å². The Morgan fingerprint density at radius 2 is 1.90 bits per heavy atom. The van der Waals surface area contributed by atoms with E-state index in [2.05, 4.69) is 24.9 Å². The molecular weight excluding hydrogens is 405 g/mol. The maximum atomic E-state index is 13.1. The van der Waals surface area contributed by atoms with Crippen LogP contribution in [0.15, 0.2) is 56.8 Å². The molecule has 1 fully saturated rings. The molecule has 5 rings (SSSR count). The van der Waals surface area contributed by atoms with E-state index >= 15 is 0 Å². The summed E-state index contributed by atoms with van der Waals surface area (Å²) in [6, 6.07) is 10.1. The SMILES string of the molecule is Fc1ccc(-c2noc(CSc3nnc(-c4ccco4)n3C3CCCCC3)n2)cc1. The van der Waals surface area contributed by atoms with E-state index in [0.717, 1.165) is 29.6 Å². The number of benzene rings is 1. The van der Waals surface area contributed by atoms with Gasteiger partial charge in [0.2, 0.25) is 17.5 Å². The van der Waals surface area contributed by atoms with Crippen LogP contribution in [0, 0.1) is 5.82 Å². The fourth-order valence-corrected chi connectivity index (χ4v) is 4.62. The smallest absolute Gasteiger partial charge is 0.237 e. The van der Waals surface area contributed by atoms with Gasteiger partial charge < -0.3 is 8.94 Å². The number of furan rings is 1. The zero-order valence-electron chi connectivity index (χ0n) is 16.2. The second kappa shape index (κ2) is 8.43. The Hall–Kier alpha value is -2.94. The number of rotatable bonds is 6. The maximum Gasteiger partial charge on any atom is 0.237 e.